The second-order valence-electron chi connectivity index (χ2n) is 14.2. The maximum atomic E-state index is 6.53. The van der Waals surface area contributed by atoms with Crippen LogP contribution in [0.5, 0.6) is 11.5 Å². The van der Waals surface area contributed by atoms with Gasteiger partial charge in [-0.3, -0.25) is 4.98 Å². The van der Waals surface area contributed by atoms with E-state index in [1.54, 1.807) is 0 Å². The number of hydrogen-bond acceptors (Lipinski definition) is 4. The van der Waals surface area contributed by atoms with Crippen LogP contribution >= 0.6 is 0 Å². The summed E-state index contributed by atoms with van der Waals surface area (Å²) < 4.78 is 10.8. The minimum atomic E-state index is -0.230. The molecule has 0 aliphatic carbocycles. The van der Waals surface area contributed by atoms with Gasteiger partial charge in [-0.1, -0.05) is 91.0 Å². The van der Waals surface area contributed by atoms with Crippen LogP contribution in [0.3, 0.4) is 0 Å². The van der Waals surface area contributed by atoms with Crippen LogP contribution in [0.2, 0.25) is 0 Å². The van der Waals surface area contributed by atoms with Crippen molar-refractivity contribution in [3.63, 3.8) is 0 Å². The number of rotatable bonds is 4. The van der Waals surface area contributed by atoms with E-state index in [1.165, 1.54) is 16.8 Å². The van der Waals surface area contributed by atoms with Gasteiger partial charge in [-0.2, -0.15) is 6.07 Å². The fraction of sp³-hybridized carbons (Fsp3) is 0.0638. The van der Waals surface area contributed by atoms with Crippen LogP contribution in [0.25, 0.3) is 54.9 Å². The Labute approximate surface area is 325 Å². The molecule has 11 rings (SSSR count). The minimum Gasteiger partial charge on any atom is -0.503 e. The van der Waals surface area contributed by atoms with Gasteiger partial charge in [-0.25, -0.2) is 4.98 Å². The average molecular weight is 788 g/mol. The molecule has 4 aromatic heterocycles. The summed E-state index contributed by atoms with van der Waals surface area (Å²) >= 11 is 0. The molecule has 0 atom stereocenters. The molecule has 0 bridgehead atoms. The molecule has 260 valence electrons. The first kappa shape index (κ1) is 32.4. The summed E-state index contributed by atoms with van der Waals surface area (Å²) in [4.78, 5) is 12.0. The summed E-state index contributed by atoms with van der Waals surface area (Å²) in [5, 5.41) is 5.37. The van der Waals surface area contributed by atoms with E-state index in [0.29, 0.717) is 11.5 Å². The smallest absolute Gasteiger partial charge is 0.503 e. The topological polar surface area (TPSA) is 47.6 Å². The van der Waals surface area contributed by atoms with Gasteiger partial charge in [0.15, 0.2) is 0 Å². The number of para-hydroxylation sites is 3. The standard InChI is InChI=1S/C47H31N5O.Pd/c1-47(2)39-18-7-9-20-42(39)51(30-12-4-3-5-13-30)44-29-43-37(28-40(44)47)36-17-11-23-48-46(36)52(43)31-14-10-15-32(26-31)53-33-21-22-34-35-16-6-8-19-41(35)50-25-24-49-45(50)38(34)27-33;/h3-25,28-29H,1-2H3;/q-2;+2. The van der Waals surface area contributed by atoms with E-state index in [-0.39, 0.29) is 25.8 Å². The minimum absolute atomic E-state index is 0. The van der Waals surface area contributed by atoms with Crippen molar-refractivity contribution in [2.24, 2.45) is 0 Å². The molecular weight excluding hydrogens is 757 g/mol. The van der Waals surface area contributed by atoms with E-state index in [4.69, 9.17) is 9.72 Å². The van der Waals surface area contributed by atoms with Crippen molar-refractivity contribution < 1.29 is 25.2 Å². The van der Waals surface area contributed by atoms with E-state index in [0.717, 1.165) is 66.3 Å². The predicted molar refractivity (Wildman–Crippen MR) is 213 cm³/mol. The molecule has 0 saturated heterocycles. The molecule has 10 aromatic rings. The first-order valence-electron chi connectivity index (χ1n) is 17.8. The molecule has 1 aliphatic heterocycles. The van der Waals surface area contributed by atoms with Crippen molar-refractivity contribution >= 4 is 66.3 Å². The summed E-state index contributed by atoms with van der Waals surface area (Å²) in [6.45, 7) is 4.66. The maximum Gasteiger partial charge on any atom is 2.00 e. The van der Waals surface area contributed by atoms with Crippen LogP contribution < -0.4 is 9.64 Å². The van der Waals surface area contributed by atoms with Crippen LogP contribution in [0.1, 0.15) is 25.0 Å². The summed E-state index contributed by atoms with van der Waals surface area (Å²) in [6, 6.07) is 53.9. The molecule has 7 heteroatoms. The first-order valence-corrected chi connectivity index (χ1v) is 17.8. The summed E-state index contributed by atoms with van der Waals surface area (Å²) in [5.74, 6) is 1.18. The zero-order chi connectivity index (χ0) is 35.3. The number of fused-ring (bicyclic) bond motifs is 11. The Hall–Kier alpha value is -6.26. The number of nitrogens with zero attached hydrogens (tertiary/aromatic N) is 5. The predicted octanol–water partition coefficient (Wildman–Crippen LogP) is 11.6. The second-order valence-corrected chi connectivity index (χ2v) is 14.2. The van der Waals surface area contributed by atoms with Gasteiger partial charge in [0.05, 0.1) is 22.5 Å². The fourth-order valence-corrected chi connectivity index (χ4v) is 8.41. The molecule has 0 radical (unpaired) electrons. The number of ether oxygens (including phenoxy) is 1. The molecular formula is C47H31N5OPd. The summed E-state index contributed by atoms with van der Waals surface area (Å²) in [6.07, 6.45) is 5.68. The van der Waals surface area contributed by atoms with Gasteiger partial charge in [0.25, 0.3) is 0 Å². The van der Waals surface area contributed by atoms with Crippen LogP contribution in [0, 0.1) is 12.1 Å². The number of hydrogen-bond donors (Lipinski definition) is 0. The molecule has 0 unspecified atom stereocenters. The Bertz CT molecular complexity index is 3090. The van der Waals surface area contributed by atoms with Crippen LogP contribution in [0.15, 0.2) is 152 Å². The largest absolute Gasteiger partial charge is 2.00 e. The Kier molecular flexibility index (Phi) is 7.29. The van der Waals surface area contributed by atoms with Gasteiger partial charge in [0, 0.05) is 57.5 Å². The number of pyridine rings is 2. The second kappa shape index (κ2) is 12.1. The summed E-state index contributed by atoms with van der Waals surface area (Å²) in [5.41, 5.74) is 10.5. The Morgan fingerprint density at radius 3 is 2.26 bits per heavy atom. The molecule has 0 spiro atoms. The van der Waals surface area contributed by atoms with Crippen molar-refractivity contribution in [3.05, 3.63) is 175 Å². The molecule has 0 amide bonds. The van der Waals surface area contributed by atoms with E-state index in [1.807, 2.05) is 42.9 Å². The van der Waals surface area contributed by atoms with E-state index in [9.17, 15) is 0 Å². The fourth-order valence-electron chi connectivity index (χ4n) is 8.41. The monoisotopic (exact) mass is 787 g/mol. The van der Waals surface area contributed by atoms with Crippen LogP contribution in [-0.2, 0) is 25.8 Å². The van der Waals surface area contributed by atoms with Gasteiger partial charge in [0.1, 0.15) is 5.65 Å². The van der Waals surface area contributed by atoms with Gasteiger partial charge >= 0.3 is 20.4 Å². The normalized spacial score (nSPS) is 13.3. The average Bonchev–Trinajstić information content (AvgIpc) is 3.82. The van der Waals surface area contributed by atoms with Gasteiger partial charge < -0.3 is 18.6 Å². The van der Waals surface area contributed by atoms with Crippen LogP contribution in [0.4, 0.5) is 17.1 Å². The van der Waals surface area contributed by atoms with Crippen molar-refractivity contribution in [1.29, 1.82) is 0 Å². The van der Waals surface area contributed by atoms with Crippen molar-refractivity contribution in [1.82, 2.24) is 18.9 Å². The third-order valence-electron chi connectivity index (χ3n) is 10.8. The number of anilines is 3. The Balaban J connectivity index is 0.00000361. The van der Waals surface area contributed by atoms with E-state index in [2.05, 4.69) is 154 Å². The Morgan fingerprint density at radius 1 is 0.574 bits per heavy atom. The third-order valence-corrected chi connectivity index (χ3v) is 10.8. The van der Waals surface area contributed by atoms with Crippen molar-refractivity contribution in [3.8, 4) is 17.2 Å². The molecule has 5 heterocycles. The van der Waals surface area contributed by atoms with Gasteiger partial charge in [-0.05, 0) is 65.0 Å². The molecule has 0 N–H and O–H groups in total. The molecule has 6 nitrogen and oxygen atoms in total. The molecule has 6 aromatic carbocycles. The molecule has 1 aliphatic rings. The Morgan fingerprint density at radius 2 is 1.35 bits per heavy atom. The molecule has 54 heavy (non-hydrogen) atoms. The molecule has 0 saturated carbocycles. The third kappa shape index (κ3) is 4.69. The zero-order valence-electron chi connectivity index (χ0n) is 29.4. The molecule has 0 fully saturated rings. The van der Waals surface area contributed by atoms with Crippen molar-refractivity contribution in [2.45, 2.75) is 19.3 Å². The van der Waals surface area contributed by atoms with Crippen molar-refractivity contribution in [2.75, 3.05) is 4.90 Å². The van der Waals surface area contributed by atoms with E-state index < -0.39 is 0 Å². The number of benzene rings is 6. The van der Waals surface area contributed by atoms with E-state index >= 15 is 0 Å². The number of imidazole rings is 1. The summed E-state index contributed by atoms with van der Waals surface area (Å²) in [7, 11) is 0. The maximum absolute atomic E-state index is 6.53. The van der Waals surface area contributed by atoms with Crippen LogP contribution in [-0.4, -0.2) is 18.9 Å². The first-order chi connectivity index (χ1) is 26.0. The van der Waals surface area contributed by atoms with Gasteiger partial charge in [0.2, 0.25) is 0 Å². The van der Waals surface area contributed by atoms with Gasteiger partial charge in [-0.15, -0.1) is 30.3 Å². The number of aromatic nitrogens is 4. The quantitative estimate of drug-likeness (QED) is 0.101. The SMILES string of the molecule is CC1(C)c2ccccc2N(c2ccccc2)c2cc3c(cc21)c1cccnc1n3-c1[c-]c(Oc2[c-]c3c(cc2)c2ccccc2n2ccnc32)ccc1.[Pd+2]. The zero-order valence-corrected chi connectivity index (χ0v) is 30.9.